The van der Waals surface area contributed by atoms with Gasteiger partial charge in [-0.3, -0.25) is 9.59 Å². The normalized spacial score (nSPS) is 19.5. The highest BCUT2D eigenvalue weighted by Gasteiger charge is 2.32. The van der Waals surface area contributed by atoms with E-state index in [0.717, 1.165) is 46.4 Å². The molecule has 0 spiro atoms. The summed E-state index contributed by atoms with van der Waals surface area (Å²) in [6.07, 6.45) is 5.70. The molecule has 2 amide bonds. The lowest BCUT2D eigenvalue weighted by molar-refractivity contribution is -0.117. The molecule has 1 saturated carbocycles. The predicted octanol–water partition coefficient (Wildman–Crippen LogP) is 2.98. The zero-order chi connectivity index (χ0) is 22.9. The summed E-state index contributed by atoms with van der Waals surface area (Å²) in [5, 5.41) is 5.66. The summed E-state index contributed by atoms with van der Waals surface area (Å²) < 4.78 is 17.1. The Bertz CT molecular complexity index is 1130. The molecule has 1 aliphatic heterocycles. The molecular formula is C25H27N3O5. The van der Waals surface area contributed by atoms with Gasteiger partial charge in [0.15, 0.2) is 0 Å². The molecule has 2 fully saturated rings. The standard InChI is InChI=1S/C25H27N3O5/c1-26-25(30)21-12-27-23(28-24(29)14-3-4-14)20-10-15(9-18(20)21)17-6-5-16(31-2)11-19(17)22-13-32-7-8-33-22/h5-6,9,11-12,14,22H,3-4,7-8,10,13H2,1-2H3,(H,26,30)(H,27,28,29)/t22-/m0/s1. The van der Waals surface area contributed by atoms with Gasteiger partial charge in [0, 0.05) is 31.1 Å². The van der Waals surface area contributed by atoms with Gasteiger partial charge in [-0.2, -0.15) is 0 Å². The Kier molecular flexibility index (Phi) is 5.86. The molecule has 1 aromatic carbocycles. The first kappa shape index (κ1) is 21.6. The largest absolute Gasteiger partial charge is 0.497 e. The van der Waals surface area contributed by atoms with Crippen molar-refractivity contribution in [2.24, 2.45) is 5.92 Å². The Morgan fingerprint density at radius 1 is 1.21 bits per heavy atom. The number of anilines is 1. The highest BCUT2D eigenvalue weighted by molar-refractivity contribution is 6.04. The van der Waals surface area contributed by atoms with Crippen LogP contribution < -0.4 is 15.4 Å². The van der Waals surface area contributed by atoms with Crippen LogP contribution in [-0.2, 0) is 20.7 Å². The van der Waals surface area contributed by atoms with Crippen molar-refractivity contribution in [3.05, 3.63) is 52.2 Å². The molecule has 0 unspecified atom stereocenters. The number of hydrogen-bond donors (Lipinski definition) is 2. The van der Waals surface area contributed by atoms with Crippen molar-refractivity contribution >= 4 is 29.3 Å². The average Bonchev–Trinajstić information content (AvgIpc) is 3.62. The third-order valence-corrected chi connectivity index (χ3v) is 6.34. The van der Waals surface area contributed by atoms with Gasteiger partial charge in [0.1, 0.15) is 17.7 Å². The van der Waals surface area contributed by atoms with E-state index >= 15 is 0 Å². The van der Waals surface area contributed by atoms with Crippen molar-refractivity contribution in [1.29, 1.82) is 0 Å². The maximum Gasteiger partial charge on any atom is 0.253 e. The molecule has 1 aromatic heterocycles. The van der Waals surface area contributed by atoms with Gasteiger partial charge in [0.2, 0.25) is 5.91 Å². The second-order valence-electron chi connectivity index (χ2n) is 8.49. The molecule has 2 heterocycles. The number of carbonyl (C=O) groups is 2. The number of fused-ring (bicyclic) bond motifs is 1. The molecule has 3 aliphatic rings. The van der Waals surface area contributed by atoms with E-state index in [1.807, 2.05) is 24.3 Å². The Hall–Kier alpha value is -3.23. The number of carbonyl (C=O) groups excluding carboxylic acids is 2. The van der Waals surface area contributed by atoms with E-state index < -0.39 is 0 Å². The molecule has 2 N–H and O–H groups in total. The van der Waals surface area contributed by atoms with E-state index in [9.17, 15) is 9.59 Å². The third kappa shape index (κ3) is 4.24. The summed E-state index contributed by atoms with van der Waals surface area (Å²) >= 11 is 0. The van der Waals surface area contributed by atoms with E-state index in [4.69, 9.17) is 14.2 Å². The van der Waals surface area contributed by atoms with Crippen molar-refractivity contribution in [2.75, 3.05) is 39.3 Å². The number of ether oxygens (including phenoxy) is 3. The minimum Gasteiger partial charge on any atom is -0.497 e. The van der Waals surface area contributed by atoms with E-state index in [1.54, 1.807) is 14.2 Å². The van der Waals surface area contributed by atoms with Crippen molar-refractivity contribution in [1.82, 2.24) is 10.3 Å². The Morgan fingerprint density at radius 3 is 2.76 bits per heavy atom. The summed E-state index contributed by atoms with van der Waals surface area (Å²) in [7, 11) is 3.23. The minimum absolute atomic E-state index is 0.0104. The molecule has 8 heteroatoms. The van der Waals surface area contributed by atoms with Crippen LogP contribution in [0.4, 0.5) is 5.82 Å². The SMILES string of the molecule is CNC(=O)c1cnc(NC(=O)C2CC2)c2c1C=C(c1ccc(OC)cc1[C@@H]1COCCO1)C2. The molecular weight excluding hydrogens is 422 g/mol. The number of rotatable bonds is 6. The second kappa shape index (κ2) is 8.96. The molecule has 8 nitrogen and oxygen atoms in total. The lowest BCUT2D eigenvalue weighted by atomic mass is 9.94. The van der Waals surface area contributed by atoms with Gasteiger partial charge in [0.25, 0.3) is 5.91 Å². The van der Waals surface area contributed by atoms with E-state index in [2.05, 4.69) is 15.6 Å². The zero-order valence-corrected chi connectivity index (χ0v) is 18.8. The summed E-state index contributed by atoms with van der Waals surface area (Å²) in [5.74, 6) is 1.10. The van der Waals surface area contributed by atoms with Crippen LogP contribution in [0.5, 0.6) is 5.75 Å². The van der Waals surface area contributed by atoms with Crippen LogP contribution in [0.25, 0.3) is 11.6 Å². The first-order valence-electron chi connectivity index (χ1n) is 11.2. The molecule has 5 rings (SSSR count). The summed E-state index contributed by atoms with van der Waals surface area (Å²) in [6, 6.07) is 5.91. The van der Waals surface area contributed by atoms with E-state index in [0.29, 0.717) is 37.6 Å². The number of amides is 2. The lowest BCUT2D eigenvalue weighted by Gasteiger charge is -2.26. The van der Waals surface area contributed by atoms with Gasteiger partial charge >= 0.3 is 0 Å². The first-order chi connectivity index (χ1) is 16.1. The molecule has 2 aliphatic carbocycles. The molecule has 0 bridgehead atoms. The molecule has 172 valence electrons. The number of pyridine rings is 1. The number of hydrogen-bond acceptors (Lipinski definition) is 6. The fourth-order valence-corrected chi connectivity index (χ4v) is 4.38. The number of aromatic nitrogens is 1. The zero-order valence-electron chi connectivity index (χ0n) is 18.8. The second-order valence-corrected chi connectivity index (χ2v) is 8.49. The number of nitrogens with one attached hydrogen (secondary N) is 2. The topological polar surface area (TPSA) is 98.8 Å². The monoisotopic (exact) mass is 449 g/mol. The average molecular weight is 450 g/mol. The number of methoxy groups -OCH3 is 1. The van der Waals surface area contributed by atoms with Crippen molar-refractivity contribution in [3.63, 3.8) is 0 Å². The fraction of sp³-hybridized carbons (Fsp3) is 0.400. The minimum atomic E-state index is -0.213. The highest BCUT2D eigenvalue weighted by Crippen LogP contribution is 2.41. The van der Waals surface area contributed by atoms with Gasteiger partial charge in [0.05, 0.1) is 32.5 Å². The summed E-state index contributed by atoms with van der Waals surface area (Å²) in [6.45, 7) is 1.58. The van der Waals surface area contributed by atoms with Crippen LogP contribution in [0.1, 0.15) is 51.6 Å². The van der Waals surface area contributed by atoms with Crippen LogP contribution in [0.15, 0.2) is 24.4 Å². The van der Waals surface area contributed by atoms with Gasteiger partial charge in [-0.15, -0.1) is 0 Å². The first-order valence-corrected chi connectivity index (χ1v) is 11.2. The van der Waals surface area contributed by atoms with Gasteiger partial charge in [-0.25, -0.2) is 4.98 Å². The van der Waals surface area contributed by atoms with Crippen LogP contribution in [0.2, 0.25) is 0 Å². The van der Waals surface area contributed by atoms with Crippen LogP contribution >= 0.6 is 0 Å². The van der Waals surface area contributed by atoms with Gasteiger partial charge in [-0.1, -0.05) is 6.07 Å². The maximum atomic E-state index is 12.5. The van der Waals surface area contributed by atoms with Gasteiger partial charge in [-0.05, 0) is 53.3 Å². The Morgan fingerprint density at radius 2 is 2.06 bits per heavy atom. The van der Waals surface area contributed by atoms with E-state index in [-0.39, 0.29) is 23.8 Å². The van der Waals surface area contributed by atoms with Gasteiger partial charge < -0.3 is 24.8 Å². The number of allylic oxidation sites excluding steroid dienone is 1. The maximum absolute atomic E-state index is 12.5. The number of nitrogens with zero attached hydrogens (tertiary/aromatic N) is 1. The van der Waals surface area contributed by atoms with Crippen molar-refractivity contribution in [2.45, 2.75) is 25.4 Å². The number of benzene rings is 1. The molecule has 1 atom stereocenters. The van der Waals surface area contributed by atoms with Crippen molar-refractivity contribution in [3.8, 4) is 5.75 Å². The van der Waals surface area contributed by atoms with Crippen molar-refractivity contribution < 1.29 is 23.8 Å². The fourth-order valence-electron chi connectivity index (χ4n) is 4.38. The predicted molar refractivity (Wildman–Crippen MR) is 123 cm³/mol. The summed E-state index contributed by atoms with van der Waals surface area (Å²) in [4.78, 5) is 29.4. The van der Waals surface area contributed by atoms with E-state index in [1.165, 1.54) is 6.20 Å². The molecule has 2 aromatic rings. The van der Waals surface area contributed by atoms with Crippen LogP contribution in [-0.4, -0.2) is 50.8 Å². The summed E-state index contributed by atoms with van der Waals surface area (Å²) in [5.41, 5.74) is 5.13. The highest BCUT2D eigenvalue weighted by atomic mass is 16.6. The quantitative estimate of drug-likeness (QED) is 0.704. The molecule has 33 heavy (non-hydrogen) atoms. The third-order valence-electron chi connectivity index (χ3n) is 6.34. The lowest BCUT2D eigenvalue weighted by Crippen LogP contribution is -2.23. The van der Waals surface area contributed by atoms with Crippen LogP contribution in [0.3, 0.4) is 0 Å². The molecule has 0 radical (unpaired) electrons. The Labute approximate surface area is 192 Å². The Balaban J connectivity index is 1.55. The smallest absolute Gasteiger partial charge is 0.253 e. The van der Waals surface area contributed by atoms with Crippen LogP contribution in [0, 0.1) is 5.92 Å². The molecule has 1 saturated heterocycles.